The van der Waals surface area contributed by atoms with Gasteiger partial charge in [0.05, 0.1) is 13.5 Å². The van der Waals surface area contributed by atoms with Crippen LogP contribution in [0.2, 0.25) is 0 Å². The Bertz CT molecular complexity index is 1390. The fourth-order valence-electron chi connectivity index (χ4n) is 6.42. The quantitative estimate of drug-likeness (QED) is 0.227. The molecule has 2 amide bonds. The third-order valence-corrected chi connectivity index (χ3v) is 9.11. The first kappa shape index (κ1) is 36.8. The van der Waals surface area contributed by atoms with Crippen LogP contribution < -0.4 is 4.74 Å². The molecule has 1 aromatic carbocycles. The molecule has 0 bridgehead atoms. The van der Waals surface area contributed by atoms with E-state index in [0.717, 1.165) is 42.4 Å². The molecule has 11 heteroatoms. The van der Waals surface area contributed by atoms with Gasteiger partial charge in [-0.25, -0.2) is 9.18 Å². The number of esters is 1. The summed E-state index contributed by atoms with van der Waals surface area (Å²) in [6.45, 7) is 7.27. The maximum absolute atomic E-state index is 13.7. The van der Waals surface area contributed by atoms with Gasteiger partial charge in [0, 0.05) is 68.8 Å². The van der Waals surface area contributed by atoms with Crippen molar-refractivity contribution in [1.82, 2.24) is 14.8 Å². The molecular weight excluding hydrogens is 617 g/mol. The summed E-state index contributed by atoms with van der Waals surface area (Å²) in [6.07, 6.45) is 7.59. The Morgan fingerprint density at radius 3 is 2.35 bits per heavy atom. The van der Waals surface area contributed by atoms with E-state index in [1.54, 1.807) is 29.4 Å². The average molecular weight is 668 g/mol. The number of pyridine rings is 1. The summed E-state index contributed by atoms with van der Waals surface area (Å²) >= 11 is 0. The molecule has 3 heterocycles. The van der Waals surface area contributed by atoms with Crippen LogP contribution in [-0.4, -0.2) is 90.7 Å². The van der Waals surface area contributed by atoms with Gasteiger partial charge in [0.25, 0.3) is 0 Å². The molecule has 4 rings (SSSR count). The van der Waals surface area contributed by atoms with E-state index < -0.39 is 24.2 Å². The molecule has 2 aliphatic heterocycles. The van der Waals surface area contributed by atoms with Crippen LogP contribution in [0.4, 0.5) is 9.18 Å². The zero-order chi connectivity index (χ0) is 34.7. The maximum atomic E-state index is 13.7. The molecule has 1 unspecified atom stereocenters. The second-order valence-electron chi connectivity index (χ2n) is 13.8. The summed E-state index contributed by atoms with van der Waals surface area (Å²) in [5.74, 6) is -0.122. The molecule has 0 saturated carbocycles. The van der Waals surface area contributed by atoms with E-state index in [4.69, 9.17) is 14.2 Å². The van der Waals surface area contributed by atoms with Crippen LogP contribution in [-0.2, 0) is 23.9 Å². The highest BCUT2D eigenvalue weighted by atomic mass is 19.1. The molecule has 48 heavy (non-hydrogen) atoms. The number of hydrogen-bond acceptors (Lipinski definition) is 8. The van der Waals surface area contributed by atoms with Crippen molar-refractivity contribution < 1.29 is 37.8 Å². The number of nitrogens with zero attached hydrogens (tertiary/aromatic N) is 3. The first-order chi connectivity index (χ1) is 23.0. The lowest BCUT2D eigenvalue weighted by Gasteiger charge is -2.35. The van der Waals surface area contributed by atoms with Crippen LogP contribution in [0.25, 0.3) is 11.1 Å². The molecule has 0 aliphatic carbocycles. The number of carbonyl (C=O) groups is 4. The van der Waals surface area contributed by atoms with Gasteiger partial charge in [0.15, 0.2) is 0 Å². The van der Waals surface area contributed by atoms with Crippen molar-refractivity contribution in [2.45, 2.75) is 83.7 Å². The van der Waals surface area contributed by atoms with Crippen molar-refractivity contribution in [1.29, 1.82) is 0 Å². The Morgan fingerprint density at radius 1 is 0.958 bits per heavy atom. The molecule has 0 radical (unpaired) electrons. The van der Waals surface area contributed by atoms with E-state index in [1.807, 2.05) is 43.9 Å². The van der Waals surface area contributed by atoms with Crippen molar-refractivity contribution in [3.05, 3.63) is 48.3 Å². The van der Waals surface area contributed by atoms with Crippen molar-refractivity contribution in [2.75, 3.05) is 46.6 Å². The summed E-state index contributed by atoms with van der Waals surface area (Å²) in [4.78, 5) is 59.7. The number of methoxy groups -OCH3 is 1. The number of likely N-dealkylation sites (tertiary alicyclic amines) is 2. The lowest BCUT2D eigenvalue weighted by atomic mass is 9.84. The number of alkyl halides is 1. The van der Waals surface area contributed by atoms with Crippen LogP contribution in [0, 0.1) is 11.8 Å². The molecule has 0 spiro atoms. The zero-order valence-electron chi connectivity index (χ0n) is 28.8. The first-order valence-electron chi connectivity index (χ1n) is 17.0. The minimum Gasteiger partial charge on any atom is -0.491 e. The number of piperidine rings is 2. The van der Waals surface area contributed by atoms with Crippen LogP contribution >= 0.6 is 0 Å². The van der Waals surface area contributed by atoms with Crippen LogP contribution in [0.1, 0.15) is 83.6 Å². The normalized spacial score (nSPS) is 17.8. The van der Waals surface area contributed by atoms with Gasteiger partial charge in [-0.15, -0.1) is 0 Å². The van der Waals surface area contributed by atoms with Crippen LogP contribution in [0.15, 0.2) is 42.7 Å². The first-order valence-corrected chi connectivity index (χ1v) is 17.0. The number of halogens is 1. The summed E-state index contributed by atoms with van der Waals surface area (Å²) in [6, 6.07) is 9.17. The van der Waals surface area contributed by atoms with Gasteiger partial charge >= 0.3 is 12.1 Å². The Hall–Kier alpha value is -4.02. The smallest absolute Gasteiger partial charge is 0.410 e. The summed E-state index contributed by atoms with van der Waals surface area (Å²) in [7, 11) is 1.33. The zero-order valence-corrected chi connectivity index (χ0v) is 28.8. The molecule has 262 valence electrons. The Balaban J connectivity index is 1.32. The van der Waals surface area contributed by atoms with E-state index in [-0.39, 0.29) is 43.2 Å². The molecule has 1 aromatic heterocycles. The largest absolute Gasteiger partial charge is 0.491 e. The van der Waals surface area contributed by atoms with Crippen molar-refractivity contribution in [3.63, 3.8) is 0 Å². The predicted octanol–water partition coefficient (Wildman–Crippen LogP) is 6.37. The van der Waals surface area contributed by atoms with Gasteiger partial charge in [-0.05, 0) is 88.1 Å². The van der Waals surface area contributed by atoms with Crippen LogP contribution in [0.5, 0.6) is 5.75 Å². The standard InChI is InChI=1S/C37H50FN3O7/c1-37(2,3)48-36(45)40-17-13-26(14-18-40)7-12-34(43)41-16-5-6-28(25-41)33(42)21-29(22-35(44)46-4)31-20-30(23-39-24-31)27-8-10-32(11-9-27)47-19-15-38/h8-11,20,23-24,26,28-29H,5-7,12-19,21-22,25H2,1-4H3/t28-,29?/m1/s1. The number of amides is 2. The minimum absolute atomic E-state index is 0.00924. The Labute approximate surface area is 283 Å². The SMILES string of the molecule is COC(=O)CC(CC(=O)[C@@H]1CCCN(C(=O)CCC2CCN(C(=O)OC(C)(C)C)CC2)C1)c1cncc(-c2ccc(OCCF)cc2)c1. The molecule has 2 atom stereocenters. The van der Waals surface area contributed by atoms with E-state index >= 15 is 0 Å². The van der Waals surface area contributed by atoms with Gasteiger partial charge in [-0.3, -0.25) is 19.4 Å². The van der Waals surface area contributed by atoms with E-state index in [9.17, 15) is 23.6 Å². The second kappa shape index (κ2) is 17.4. The number of hydrogen-bond donors (Lipinski definition) is 0. The van der Waals surface area contributed by atoms with E-state index in [0.29, 0.717) is 50.7 Å². The van der Waals surface area contributed by atoms with Gasteiger partial charge in [-0.1, -0.05) is 12.1 Å². The fraction of sp³-hybridized carbons (Fsp3) is 0.595. The summed E-state index contributed by atoms with van der Waals surface area (Å²) < 4.78 is 28.2. The summed E-state index contributed by atoms with van der Waals surface area (Å²) in [5.41, 5.74) is 1.92. The molecule has 10 nitrogen and oxygen atoms in total. The number of carbonyl (C=O) groups excluding carboxylic acids is 4. The van der Waals surface area contributed by atoms with E-state index in [1.165, 1.54) is 7.11 Å². The van der Waals surface area contributed by atoms with Crippen molar-refractivity contribution in [2.24, 2.45) is 11.8 Å². The highest BCUT2D eigenvalue weighted by molar-refractivity contribution is 5.84. The summed E-state index contributed by atoms with van der Waals surface area (Å²) in [5, 5.41) is 0. The number of ether oxygens (including phenoxy) is 3. The molecular formula is C37H50FN3O7. The number of rotatable bonds is 13. The average Bonchev–Trinajstić information content (AvgIpc) is 3.09. The van der Waals surface area contributed by atoms with Gasteiger partial charge in [0.2, 0.25) is 5.91 Å². The van der Waals surface area contributed by atoms with E-state index in [2.05, 4.69) is 4.98 Å². The van der Waals surface area contributed by atoms with Gasteiger partial charge in [0.1, 0.15) is 30.4 Å². The monoisotopic (exact) mass is 667 g/mol. The number of aromatic nitrogens is 1. The third kappa shape index (κ3) is 11.0. The predicted molar refractivity (Wildman–Crippen MR) is 179 cm³/mol. The molecule has 2 aliphatic rings. The Kier molecular flexibility index (Phi) is 13.3. The Morgan fingerprint density at radius 2 is 1.69 bits per heavy atom. The van der Waals surface area contributed by atoms with Gasteiger partial charge < -0.3 is 24.0 Å². The molecule has 2 fully saturated rings. The molecule has 2 aromatic rings. The topological polar surface area (TPSA) is 115 Å². The maximum Gasteiger partial charge on any atom is 0.410 e. The van der Waals surface area contributed by atoms with Crippen molar-refractivity contribution >= 4 is 23.8 Å². The molecule has 2 saturated heterocycles. The third-order valence-electron chi connectivity index (χ3n) is 9.11. The second-order valence-corrected chi connectivity index (χ2v) is 13.8. The number of benzene rings is 1. The number of Topliss-reactive ketones (excluding diaryl/α,β-unsaturated/α-hetero) is 1. The van der Waals surface area contributed by atoms with Gasteiger partial charge in [-0.2, -0.15) is 0 Å². The number of ketones is 1. The highest BCUT2D eigenvalue weighted by Crippen LogP contribution is 2.32. The highest BCUT2D eigenvalue weighted by Gasteiger charge is 2.32. The lowest BCUT2D eigenvalue weighted by Crippen LogP contribution is -2.43. The molecule has 0 N–H and O–H groups in total. The van der Waals surface area contributed by atoms with Crippen LogP contribution in [0.3, 0.4) is 0 Å². The van der Waals surface area contributed by atoms with Crippen molar-refractivity contribution in [3.8, 4) is 16.9 Å². The fourth-order valence-corrected chi connectivity index (χ4v) is 6.42. The minimum atomic E-state index is -0.567. The lowest BCUT2D eigenvalue weighted by molar-refractivity contribution is -0.141.